The zero-order chi connectivity index (χ0) is 15.0. The molecule has 0 bridgehead atoms. The lowest BCUT2D eigenvalue weighted by Crippen LogP contribution is -2.41. The minimum absolute atomic E-state index is 0.668. The minimum atomic E-state index is -4.40. The van der Waals surface area contributed by atoms with E-state index in [1.54, 1.807) is 20.8 Å². The number of halogens is 3. The van der Waals surface area contributed by atoms with Gasteiger partial charge < -0.3 is 5.32 Å². The van der Waals surface area contributed by atoms with Crippen LogP contribution in [0, 0.1) is 11.6 Å². The van der Waals surface area contributed by atoms with E-state index in [0.717, 1.165) is 0 Å². The van der Waals surface area contributed by atoms with Crippen LogP contribution in [0.4, 0.5) is 8.78 Å². The van der Waals surface area contributed by atoms with Crippen molar-refractivity contribution in [2.24, 2.45) is 0 Å². The third-order valence-electron chi connectivity index (χ3n) is 2.03. The van der Waals surface area contributed by atoms with Crippen LogP contribution in [0.1, 0.15) is 31.1 Å². The molecular formula is C11H12ClF2NO3S. The van der Waals surface area contributed by atoms with Gasteiger partial charge in [-0.3, -0.25) is 4.79 Å². The molecule has 0 heterocycles. The Kier molecular flexibility index (Phi) is 4.21. The average molecular weight is 312 g/mol. The maximum atomic E-state index is 13.9. The van der Waals surface area contributed by atoms with E-state index in [0.29, 0.717) is 12.1 Å². The van der Waals surface area contributed by atoms with Crippen molar-refractivity contribution >= 4 is 25.6 Å². The topological polar surface area (TPSA) is 63.2 Å². The first-order valence-electron chi connectivity index (χ1n) is 5.18. The fourth-order valence-corrected chi connectivity index (χ4v) is 2.24. The second kappa shape index (κ2) is 5.05. The molecule has 1 aromatic rings. The van der Waals surface area contributed by atoms with Gasteiger partial charge in [0.1, 0.15) is 16.3 Å². The molecule has 0 spiro atoms. The normalized spacial score (nSPS) is 12.3. The molecule has 4 nitrogen and oxygen atoms in total. The van der Waals surface area contributed by atoms with E-state index in [4.69, 9.17) is 10.7 Å². The van der Waals surface area contributed by atoms with E-state index in [2.05, 4.69) is 5.32 Å². The van der Waals surface area contributed by atoms with Gasteiger partial charge in [-0.15, -0.1) is 0 Å². The molecule has 8 heteroatoms. The standard InChI is InChI=1S/C11H12ClF2NO3S/c1-11(2,3)15-10(16)8-6(13)4-5-7(9(8)14)19(12,17)18/h4-5H,1-3H3,(H,15,16). The Morgan fingerprint density at radius 2 is 1.79 bits per heavy atom. The first-order valence-corrected chi connectivity index (χ1v) is 7.49. The van der Waals surface area contributed by atoms with Crippen LogP contribution in [0.15, 0.2) is 17.0 Å². The van der Waals surface area contributed by atoms with Gasteiger partial charge in [0.15, 0.2) is 5.82 Å². The Hall–Kier alpha value is -1.21. The first-order chi connectivity index (χ1) is 8.43. The summed E-state index contributed by atoms with van der Waals surface area (Å²) in [4.78, 5) is 10.8. The minimum Gasteiger partial charge on any atom is -0.347 e. The van der Waals surface area contributed by atoms with Crippen molar-refractivity contribution < 1.29 is 22.0 Å². The quantitative estimate of drug-likeness (QED) is 0.853. The molecule has 0 fully saturated rings. The van der Waals surface area contributed by atoms with Crippen LogP contribution in [0.2, 0.25) is 0 Å². The SMILES string of the molecule is CC(C)(C)NC(=O)c1c(F)ccc(S(=O)(=O)Cl)c1F. The van der Waals surface area contributed by atoms with Crippen molar-refractivity contribution in [2.45, 2.75) is 31.2 Å². The van der Waals surface area contributed by atoms with Crippen LogP contribution in [0.3, 0.4) is 0 Å². The number of hydrogen-bond donors (Lipinski definition) is 1. The van der Waals surface area contributed by atoms with Crippen molar-refractivity contribution in [3.63, 3.8) is 0 Å². The lowest BCUT2D eigenvalue weighted by Gasteiger charge is -2.21. The second-order valence-electron chi connectivity index (χ2n) is 4.88. The summed E-state index contributed by atoms with van der Waals surface area (Å²) in [6, 6.07) is 1.34. The zero-order valence-corrected chi connectivity index (χ0v) is 12.0. The van der Waals surface area contributed by atoms with Gasteiger partial charge in [0.05, 0.1) is 0 Å². The highest BCUT2D eigenvalue weighted by molar-refractivity contribution is 8.13. The van der Waals surface area contributed by atoms with E-state index >= 15 is 0 Å². The molecule has 0 radical (unpaired) electrons. The molecule has 1 rings (SSSR count). The molecule has 0 saturated heterocycles. The van der Waals surface area contributed by atoms with Gasteiger partial charge in [0.25, 0.3) is 15.0 Å². The number of nitrogens with one attached hydrogen (secondary N) is 1. The molecule has 1 N–H and O–H groups in total. The molecule has 0 aromatic heterocycles. The van der Waals surface area contributed by atoms with Gasteiger partial charge in [-0.25, -0.2) is 17.2 Å². The maximum absolute atomic E-state index is 13.9. The molecular weight excluding hydrogens is 300 g/mol. The monoisotopic (exact) mass is 311 g/mol. The summed E-state index contributed by atoms with van der Waals surface area (Å²) in [6.45, 7) is 4.84. The molecule has 0 aliphatic carbocycles. The van der Waals surface area contributed by atoms with Gasteiger partial charge >= 0.3 is 0 Å². The molecule has 1 aromatic carbocycles. The van der Waals surface area contributed by atoms with Gasteiger partial charge in [-0.2, -0.15) is 0 Å². The number of rotatable bonds is 2. The van der Waals surface area contributed by atoms with Crippen LogP contribution < -0.4 is 5.32 Å². The molecule has 0 saturated carbocycles. The zero-order valence-electron chi connectivity index (χ0n) is 10.4. The number of carbonyl (C=O) groups is 1. The molecule has 19 heavy (non-hydrogen) atoms. The number of carbonyl (C=O) groups excluding carboxylic acids is 1. The van der Waals surface area contributed by atoms with E-state index in [9.17, 15) is 22.0 Å². The maximum Gasteiger partial charge on any atom is 0.264 e. The lowest BCUT2D eigenvalue weighted by molar-refractivity contribution is 0.0910. The van der Waals surface area contributed by atoms with Crippen LogP contribution in [0.25, 0.3) is 0 Å². The summed E-state index contributed by atoms with van der Waals surface area (Å²) in [6.07, 6.45) is 0. The van der Waals surface area contributed by atoms with Gasteiger partial charge in [-0.05, 0) is 32.9 Å². The van der Waals surface area contributed by atoms with Gasteiger partial charge in [0.2, 0.25) is 0 Å². The molecule has 1 amide bonds. The largest absolute Gasteiger partial charge is 0.347 e. The van der Waals surface area contributed by atoms with E-state index in [1.807, 2.05) is 0 Å². The number of benzene rings is 1. The summed E-state index contributed by atoms with van der Waals surface area (Å²) in [5.74, 6) is -3.72. The lowest BCUT2D eigenvalue weighted by atomic mass is 10.1. The molecule has 106 valence electrons. The van der Waals surface area contributed by atoms with Crippen molar-refractivity contribution in [3.05, 3.63) is 29.3 Å². The third-order valence-corrected chi connectivity index (χ3v) is 3.37. The highest BCUT2D eigenvalue weighted by atomic mass is 35.7. The Balaban J connectivity index is 3.40. The van der Waals surface area contributed by atoms with E-state index in [-0.39, 0.29) is 0 Å². The summed E-state index contributed by atoms with van der Waals surface area (Å²) < 4.78 is 49.6. The Labute approximate surface area is 114 Å². The summed E-state index contributed by atoms with van der Waals surface area (Å²) >= 11 is 0. The fraction of sp³-hybridized carbons (Fsp3) is 0.364. The van der Waals surface area contributed by atoms with Crippen molar-refractivity contribution in [1.82, 2.24) is 5.32 Å². The van der Waals surface area contributed by atoms with Crippen molar-refractivity contribution in [1.29, 1.82) is 0 Å². The Morgan fingerprint density at radius 1 is 1.26 bits per heavy atom. The summed E-state index contributed by atoms with van der Waals surface area (Å²) in [5.41, 5.74) is -1.71. The highest BCUT2D eigenvalue weighted by Gasteiger charge is 2.27. The highest BCUT2D eigenvalue weighted by Crippen LogP contribution is 2.24. The van der Waals surface area contributed by atoms with Gasteiger partial charge in [0, 0.05) is 16.2 Å². The van der Waals surface area contributed by atoms with Gasteiger partial charge in [-0.1, -0.05) is 0 Å². The van der Waals surface area contributed by atoms with Crippen LogP contribution >= 0.6 is 10.7 Å². The van der Waals surface area contributed by atoms with Crippen LogP contribution in [0.5, 0.6) is 0 Å². The second-order valence-corrected chi connectivity index (χ2v) is 7.41. The Bertz CT molecular complexity index is 624. The van der Waals surface area contributed by atoms with E-state index in [1.165, 1.54) is 0 Å². The van der Waals surface area contributed by atoms with Crippen molar-refractivity contribution in [3.8, 4) is 0 Å². The van der Waals surface area contributed by atoms with Crippen LogP contribution in [-0.4, -0.2) is 19.9 Å². The molecule has 0 atom stereocenters. The first kappa shape index (κ1) is 15.8. The number of hydrogen-bond acceptors (Lipinski definition) is 3. The fourth-order valence-electron chi connectivity index (χ4n) is 1.33. The average Bonchev–Trinajstić information content (AvgIpc) is 2.11. The Morgan fingerprint density at radius 3 is 2.21 bits per heavy atom. The predicted molar refractivity (Wildman–Crippen MR) is 66.6 cm³/mol. The summed E-state index contributed by atoms with van der Waals surface area (Å²) in [7, 11) is 0.605. The molecule has 0 aliphatic heterocycles. The van der Waals surface area contributed by atoms with E-state index < -0.39 is 42.6 Å². The smallest absolute Gasteiger partial charge is 0.264 e. The third kappa shape index (κ3) is 3.87. The van der Waals surface area contributed by atoms with Crippen molar-refractivity contribution in [2.75, 3.05) is 0 Å². The number of amides is 1. The van der Waals surface area contributed by atoms with Crippen LogP contribution in [-0.2, 0) is 9.05 Å². The molecule has 0 unspecified atom stereocenters. The molecule has 0 aliphatic rings. The predicted octanol–water partition coefficient (Wildman–Crippen LogP) is 2.42. The summed E-state index contributed by atoms with van der Waals surface area (Å²) in [5, 5.41) is 2.34.